The highest BCUT2D eigenvalue weighted by Gasteiger charge is 2.42. The van der Waals surface area contributed by atoms with Gasteiger partial charge in [0.15, 0.2) is 0 Å². The van der Waals surface area contributed by atoms with Gasteiger partial charge in [0.1, 0.15) is 17.5 Å². The number of halogens is 1. The molecule has 5 nitrogen and oxygen atoms in total. The van der Waals surface area contributed by atoms with E-state index in [4.69, 9.17) is 21.1 Å². The summed E-state index contributed by atoms with van der Waals surface area (Å²) in [5, 5.41) is 10.0. The summed E-state index contributed by atoms with van der Waals surface area (Å²) in [4.78, 5) is 6.56. The monoisotopic (exact) mass is 321 g/mol. The molecule has 2 fully saturated rings. The van der Waals surface area contributed by atoms with Gasteiger partial charge in [0.25, 0.3) is 0 Å². The van der Waals surface area contributed by atoms with Crippen LogP contribution >= 0.6 is 11.6 Å². The number of nitrogens with zero attached hydrogens (tertiary/aromatic N) is 3. The minimum absolute atomic E-state index is 0.0692. The second-order valence-electron chi connectivity index (χ2n) is 6.19. The van der Waals surface area contributed by atoms with Crippen molar-refractivity contribution in [1.29, 1.82) is 5.26 Å². The summed E-state index contributed by atoms with van der Waals surface area (Å²) in [7, 11) is 0. The normalized spacial score (nSPS) is 28.6. The molecule has 6 heteroatoms. The van der Waals surface area contributed by atoms with Gasteiger partial charge in [-0.2, -0.15) is 5.26 Å². The van der Waals surface area contributed by atoms with Crippen LogP contribution in [0, 0.1) is 18.3 Å². The van der Waals surface area contributed by atoms with Gasteiger partial charge >= 0.3 is 0 Å². The molecule has 3 heterocycles. The van der Waals surface area contributed by atoms with Crippen molar-refractivity contribution in [1.82, 2.24) is 4.98 Å². The number of rotatable bonds is 1. The maximum atomic E-state index is 9.49. The van der Waals surface area contributed by atoms with E-state index in [0.29, 0.717) is 36.1 Å². The lowest BCUT2D eigenvalue weighted by atomic mass is 9.93. The number of nitriles is 1. The second-order valence-corrected chi connectivity index (χ2v) is 6.60. The minimum Gasteiger partial charge on any atom is -0.378 e. The van der Waals surface area contributed by atoms with Crippen molar-refractivity contribution in [2.24, 2.45) is 0 Å². The van der Waals surface area contributed by atoms with Crippen LogP contribution in [-0.4, -0.2) is 43.0 Å². The Kier molecular flexibility index (Phi) is 4.26. The van der Waals surface area contributed by atoms with E-state index in [1.54, 1.807) is 6.20 Å². The summed E-state index contributed by atoms with van der Waals surface area (Å²) in [5.41, 5.74) is 1.04. The van der Waals surface area contributed by atoms with Gasteiger partial charge in [-0.3, -0.25) is 0 Å². The first-order valence-electron chi connectivity index (χ1n) is 7.60. The Bertz CT molecular complexity index is 608. The Hall–Kier alpha value is -1.35. The van der Waals surface area contributed by atoms with Gasteiger partial charge in [-0.05, 0) is 32.3 Å². The summed E-state index contributed by atoms with van der Waals surface area (Å²) < 4.78 is 11.8. The number of hydrogen-bond donors (Lipinski definition) is 0. The van der Waals surface area contributed by atoms with Gasteiger partial charge in [-0.25, -0.2) is 4.98 Å². The van der Waals surface area contributed by atoms with Gasteiger partial charge < -0.3 is 14.4 Å². The van der Waals surface area contributed by atoms with Crippen molar-refractivity contribution in [3.8, 4) is 6.07 Å². The zero-order chi connectivity index (χ0) is 15.7. The molecule has 2 aliphatic rings. The fraction of sp³-hybridized carbons (Fsp3) is 0.625. The van der Waals surface area contributed by atoms with Crippen molar-refractivity contribution in [3.05, 3.63) is 22.3 Å². The van der Waals surface area contributed by atoms with Crippen LogP contribution in [0.1, 0.15) is 30.9 Å². The maximum Gasteiger partial charge on any atom is 0.147 e. The zero-order valence-electron chi connectivity index (χ0n) is 12.9. The van der Waals surface area contributed by atoms with Crippen molar-refractivity contribution >= 4 is 17.4 Å². The Morgan fingerprint density at radius 1 is 1.55 bits per heavy atom. The molecule has 0 aliphatic carbocycles. The molecular formula is C16H20ClN3O2. The van der Waals surface area contributed by atoms with Crippen molar-refractivity contribution in [2.75, 3.05) is 31.2 Å². The number of morpholine rings is 1. The highest BCUT2D eigenvalue weighted by Crippen LogP contribution is 2.34. The summed E-state index contributed by atoms with van der Waals surface area (Å²) in [6, 6.07) is 2.25. The summed E-state index contributed by atoms with van der Waals surface area (Å²) >= 11 is 6.10. The molecular weight excluding hydrogens is 302 g/mol. The van der Waals surface area contributed by atoms with Crippen LogP contribution in [-0.2, 0) is 9.47 Å². The Balaban J connectivity index is 1.94. The molecule has 0 N–H and O–H groups in total. The average molecular weight is 322 g/mol. The number of pyridine rings is 1. The molecule has 1 aromatic heterocycles. The Morgan fingerprint density at radius 2 is 2.36 bits per heavy atom. The van der Waals surface area contributed by atoms with E-state index in [9.17, 15) is 5.26 Å². The number of anilines is 1. The van der Waals surface area contributed by atoms with Gasteiger partial charge in [0.05, 0.1) is 29.8 Å². The lowest BCUT2D eigenvalue weighted by molar-refractivity contribution is -0.160. The second kappa shape index (κ2) is 6.04. The molecule has 118 valence electrons. The largest absolute Gasteiger partial charge is 0.378 e. The number of hydrogen-bond acceptors (Lipinski definition) is 5. The van der Waals surface area contributed by atoms with E-state index in [-0.39, 0.29) is 11.7 Å². The molecule has 1 spiro atoms. The van der Waals surface area contributed by atoms with E-state index in [2.05, 4.69) is 22.9 Å². The Morgan fingerprint density at radius 3 is 3.05 bits per heavy atom. The van der Waals surface area contributed by atoms with Crippen LogP contribution in [0.2, 0.25) is 5.02 Å². The molecule has 2 aliphatic heterocycles. The third kappa shape index (κ3) is 2.79. The van der Waals surface area contributed by atoms with Gasteiger partial charge in [-0.15, -0.1) is 0 Å². The van der Waals surface area contributed by atoms with Crippen LogP contribution < -0.4 is 4.90 Å². The van der Waals surface area contributed by atoms with Crippen molar-refractivity contribution in [3.63, 3.8) is 0 Å². The number of aromatic nitrogens is 1. The first kappa shape index (κ1) is 15.5. The molecule has 0 bridgehead atoms. The number of ether oxygens (including phenoxy) is 2. The molecule has 0 amide bonds. The van der Waals surface area contributed by atoms with Crippen LogP contribution in [0.25, 0.3) is 0 Å². The third-order valence-electron chi connectivity index (χ3n) is 4.36. The van der Waals surface area contributed by atoms with Gasteiger partial charge in [0, 0.05) is 19.3 Å². The van der Waals surface area contributed by atoms with E-state index >= 15 is 0 Å². The molecule has 1 aromatic rings. The molecule has 2 saturated heterocycles. The fourth-order valence-electron chi connectivity index (χ4n) is 3.37. The first-order chi connectivity index (χ1) is 10.5. The summed E-state index contributed by atoms with van der Waals surface area (Å²) in [6.07, 6.45) is 3.66. The molecule has 0 unspecified atom stereocenters. The molecule has 2 atom stereocenters. The van der Waals surface area contributed by atoms with E-state index in [0.717, 1.165) is 25.0 Å². The Labute approximate surface area is 135 Å². The highest BCUT2D eigenvalue weighted by molar-refractivity contribution is 6.31. The first-order valence-corrected chi connectivity index (χ1v) is 7.98. The highest BCUT2D eigenvalue weighted by atomic mass is 35.5. The summed E-state index contributed by atoms with van der Waals surface area (Å²) in [6.45, 7) is 6.71. The third-order valence-corrected chi connectivity index (χ3v) is 4.74. The van der Waals surface area contributed by atoms with Crippen LogP contribution in [0.3, 0.4) is 0 Å². The van der Waals surface area contributed by atoms with E-state index in [1.165, 1.54) is 0 Å². The lowest BCUT2D eigenvalue weighted by Crippen LogP contribution is -2.59. The predicted octanol–water partition coefficient (Wildman–Crippen LogP) is 2.69. The maximum absolute atomic E-state index is 9.49. The van der Waals surface area contributed by atoms with Gasteiger partial charge in [0.2, 0.25) is 0 Å². The van der Waals surface area contributed by atoms with E-state index in [1.807, 2.05) is 6.92 Å². The van der Waals surface area contributed by atoms with Gasteiger partial charge in [-0.1, -0.05) is 11.6 Å². The molecule has 0 saturated carbocycles. The molecule has 3 rings (SSSR count). The molecule has 0 radical (unpaired) electrons. The zero-order valence-corrected chi connectivity index (χ0v) is 13.7. The van der Waals surface area contributed by atoms with Crippen LogP contribution in [0.5, 0.6) is 0 Å². The van der Waals surface area contributed by atoms with Crippen LogP contribution in [0.15, 0.2) is 6.20 Å². The van der Waals surface area contributed by atoms with Crippen LogP contribution in [0.4, 0.5) is 5.82 Å². The SMILES string of the molecule is Cc1c(Cl)cnc(N2C[C@H](C)O[C@]3(CCCOC3)C2)c1C#N. The molecule has 22 heavy (non-hydrogen) atoms. The predicted molar refractivity (Wildman–Crippen MR) is 84.2 cm³/mol. The summed E-state index contributed by atoms with van der Waals surface area (Å²) in [5.74, 6) is 0.699. The molecule has 0 aromatic carbocycles. The quantitative estimate of drug-likeness (QED) is 0.796. The smallest absolute Gasteiger partial charge is 0.147 e. The topological polar surface area (TPSA) is 58.4 Å². The lowest BCUT2D eigenvalue weighted by Gasteiger charge is -2.47. The average Bonchev–Trinajstić information content (AvgIpc) is 2.49. The van der Waals surface area contributed by atoms with Crippen molar-refractivity contribution in [2.45, 2.75) is 38.4 Å². The fourth-order valence-corrected chi connectivity index (χ4v) is 3.51. The standard InChI is InChI=1S/C16H20ClN3O2/c1-11-8-20(9-16(22-11)4-3-5-21-10-16)15-13(6-18)12(2)14(17)7-19-15/h7,11H,3-5,8-10H2,1-2H3/t11-,16+/m0/s1. The van der Waals surface area contributed by atoms with Crippen molar-refractivity contribution < 1.29 is 9.47 Å². The van der Waals surface area contributed by atoms with E-state index < -0.39 is 0 Å². The minimum atomic E-state index is -0.294.